The third kappa shape index (κ3) is 648. The molecule has 0 aromatic carbocycles. The predicted molar refractivity (Wildman–Crippen MR) is 34.1 cm³/mol. The molecule has 0 atom stereocenters. The highest BCUT2D eigenvalue weighted by Gasteiger charge is 1.79. The maximum absolute atomic E-state index is 9.63. The Morgan fingerprint density at radius 3 is 1.33 bits per heavy atom. The molecule has 0 rings (SSSR count). The Kier molecular flexibility index (Phi) is 5.39. The number of sulfone groups is 1. The fraction of sp³-hybridized carbons (Fsp3) is 0.750. The van der Waals surface area contributed by atoms with Crippen molar-refractivity contribution in [1.29, 1.82) is 0 Å². The minimum Gasteiger partial charge on any atom is -0.481 e. The molecule has 9 heavy (non-hydrogen) atoms. The summed E-state index contributed by atoms with van der Waals surface area (Å²) in [5.41, 5.74) is 0. The van der Waals surface area contributed by atoms with Crippen molar-refractivity contribution in [3.8, 4) is 0 Å². The Morgan fingerprint density at radius 2 is 1.33 bits per heavy atom. The zero-order valence-electron chi connectivity index (χ0n) is 5.58. The van der Waals surface area contributed by atoms with Gasteiger partial charge in [0.05, 0.1) is 0 Å². The Morgan fingerprint density at radius 1 is 1.33 bits per heavy atom. The van der Waals surface area contributed by atoms with Gasteiger partial charge in [0.2, 0.25) is 0 Å². The van der Waals surface area contributed by atoms with Crippen molar-refractivity contribution in [2.75, 3.05) is 12.5 Å². The molecule has 5 heteroatoms. The van der Waals surface area contributed by atoms with Crippen LogP contribution in [0.1, 0.15) is 6.92 Å². The number of carboxylic acids is 1. The summed E-state index contributed by atoms with van der Waals surface area (Å²) in [5, 5.41) is 7.42. The summed E-state index contributed by atoms with van der Waals surface area (Å²) in [5.74, 6) is -0.833. The van der Waals surface area contributed by atoms with Gasteiger partial charge in [-0.25, -0.2) is 8.42 Å². The van der Waals surface area contributed by atoms with E-state index in [1.807, 2.05) is 0 Å². The molecule has 0 unspecified atom stereocenters. The van der Waals surface area contributed by atoms with Crippen molar-refractivity contribution in [2.24, 2.45) is 0 Å². The number of hydrogen-bond acceptors (Lipinski definition) is 3. The molecule has 0 saturated carbocycles. The van der Waals surface area contributed by atoms with Crippen LogP contribution in [0.2, 0.25) is 0 Å². The third-order valence-corrected chi connectivity index (χ3v) is 0. The molecule has 0 aromatic rings. The summed E-state index contributed by atoms with van der Waals surface area (Å²) < 4.78 is 19.3. The first-order valence-corrected chi connectivity index (χ1v) is 4.38. The molecule has 0 spiro atoms. The van der Waals surface area contributed by atoms with E-state index in [0.29, 0.717) is 0 Å². The summed E-state index contributed by atoms with van der Waals surface area (Å²) in [4.78, 5) is 9.00. The minimum absolute atomic E-state index is 0.833. The molecule has 56 valence electrons. The number of rotatable bonds is 0. The molecule has 0 aliphatic rings. The average molecular weight is 154 g/mol. The second-order valence-corrected chi connectivity index (χ2v) is 3.95. The quantitative estimate of drug-likeness (QED) is 0.522. The van der Waals surface area contributed by atoms with Gasteiger partial charge < -0.3 is 5.11 Å². The molecular formula is C4H10O4S. The van der Waals surface area contributed by atoms with Crippen LogP contribution < -0.4 is 0 Å². The standard InChI is InChI=1S/C2H6O2S.C2H4O2/c1-5(2,3)4;1-2(3)4/h1-2H3;1H3,(H,3,4). The van der Waals surface area contributed by atoms with Crippen LogP contribution in [0.15, 0.2) is 0 Å². The van der Waals surface area contributed by atoms with Crippen molar-refractivity contribution >= 4 is 15.8 Å². The Hall–Kier alpha value is -0.580. The van der Waals surface area contributed by atoms with E-state index in [2.05, 4.69) is 0 Å². The highest BCUT2D eigenvalue weighted by Crippen LogP contribution is 1.61. The molecule has 0 radical (unpaired) electrons. The maximum Gasteiger partial charge on any atom is 0.300 e. The molecule has 0 saturated heterocycles. The van der Waals surface area contributed by atoms with Gasteiger partial charge in [-0.05, 0) is 0 Å². The lowest BCUT2D eigenvalue weighted by atomic mass is 10.9. The molecule has 0 aromatic heterocycles. The van der Waals surface area contributed by atoms with Crippen LogP contribution in [0.4, 0.5) is 0 Å². The summed E-state index contributed by atoms with van der Waals surface area (Å²) in [6, 6.07) is 0. The van der Waals surface area contributed by atoms with Gasteiger partial charge in [-0.1, -0.05) is 0 Å². The Balaban J connectivity index is 0. The van der Waals surface area contributed by atoms with Gasteiger partial charge in [0.15, 0.2) is 0 Å². The van der Waals surface area contributed by atoms with E-state index in [1.165, 1.54) is 0 Å². The first-order valence-electron chi connectivity index (χ1n) is 2.08. The van der Waals surface area contributed by atoms with Crippen LogP contribution >= 0.6 is 0 Å². The van der Waals surface area contributed by atoms with Crippen molar-refractivity contribution in [3.05, 3.63) is 0 Å². The first kappa shape index (κ1) is 11.2. The van der Waals surface area contributed by atoms with E-state index in [-0.39, 0.29) is 0 Å². The van der Waals surface area contributed by atoms with Crippen molar-refractivity contribution < 1.29 is 18.3 Å². The zero-order valence-corrected chi connectivity index (χ0v) is 6.40. The highest BCUT2D eigenvalue weighted by atomic mass is 32.2. The van der Waals surface area contributed by atoms with E-state index >= 15 is 0 Å². The summed E-state index contributed by atoms with van der Waals surface area (Å²) >= 11 is 0. The van der Waals surface area contributed by atoms with Crippen LogP contribution in [0, 0.1) is 0 Å². The van der Waals surface area contributed by atoms with E-state index in [9.17, 15) is 8.42 Å². The zero-order chi connectivity index (χ0) is 8.08. The molecule has 0 amide bonds. The molecule has 1 N–H and O–H groups in total. The van der Waals surface area contributed by atoms with Gasteiger partial charge in [0, 0.05) is 19.4 Å². The minimum atomic E-state index is -2.67. The lowest BCUT2D eigenvalue weighted by Crippen LogP contribution is -1.86. The first-order chi connectivity index (χ1) is 3.73. The van der Waals surface area contributed by atoms with Crippen molar-refractivity contribution in [2.45, 2.75) is 6.92 Å². The van der Waals surface area contributed by atoms with Crippen LogP contribution in [0.25, 0.3) is 0 Å². The van der Waals surface area contributed by atoms with E-state index in [1.54, 1.807) is 0 Å². The second kappa shape index (κ2) is 4.31. The van der Waals surface area contributed by atoms with Gasteiger partial charge in [0.1, 0.15) is 9.84 Å². The predicted octanol–water partition coefficient (Wildman–Crippen LogP) is -0.248. The third-order valence-electron chi connectivity index (χ3n) is 0. The highest BCUT2D eigenvalue weighted by molar-refractivity contribution is 7.89. The molecular weight excluding hydrogens is 144 g/mol. The number of aliphatic carboxylic acids is 1. The van der Waals surface area contributed by atoms with E-state index in [0.717, 1.165) is 19.4 Å². The van der Waals surface area contributed by atoms with Gasteiger partial charge in [-0.3, -0.25) is 4.79 Å². The van der Waals surface area contributed by atoms with E-state index < -0.39 is 15.8 Å². The van der Waals surface area contributed by atoms with Gasteiger partial charge in [-0.2, -0.15) is 0 Å². The average Bonchev–Trinajstić information content (AvgIpc) is 1.19. The SMILES string of the molecule is CC(=O)O.CS(C)(=O)=O. The monoisotopic (exact) mass is 154 g/mol. The number of carbonyl (C=O) groups is 1. The van der Waals surface area contributed by atoms with Crippen LogP contribution in [0.3, 0.4) is 0 Å². The number of hydrogen-bond donors (Lipinski definition) is 1. The van der Waals surface area contributed by atoms with Crippen molar-refractivity contribution in [1.82, 2.24) is 0 Å². The lowest BCUT2D eigenvalue weighted by molar-refractivity contribution is -0.134. The van der Waals surface area contributed by atoms with Gasteiger partial charge in [0.25, 0.3) is 5.97 Å². The van der Waals surface area contributed by atoms with Crippen molar-refractivity contribution in [3.63, 3.8) is 0 Å². The second-order valence-electron chi connectivity index (χ2n) is 1.66. The molecule has 0 aliphatic heterocycles. The summed E-state index contributed by atoms with van der Waals surface area (Å²) in [6.07, 6.45) is 2.32. The Labute approximate surface area is 54.4 Å². The summed E-state index contributed by atoms with van der Waals surface area (Å²) in [6.45, 7) is 1.08. The fourth-order valence-electron chi connectivity index (χ4n) is 0. The van der Waals surface area contributed by atoms with Gasteiger partial charge in [-0.15, -0.1) is 0 Å². The van der Waals surface area contributed by atoms with Gasteiger partial charge >= 0.3 is 0 Å². The van der Waals surface area contributed by atoms with Crippen LogP contribution in [-0.2, 0) is 14.6 Å². The molecule has 0 heterocycles. The normalized spacial score (nSPS) is 9.22. The molecule has 0 bridgehead atoms. The lowest BCUT2D eigenvalue weighted by Gasteiger charge is -1.69. The molecule has 0 aliphatic carbocycles. The summed E-state index contributed by atoms with van der Waals surface area (Å²) in [7, 11) is -2.67. The maximum atomic E-state index is 9.63. The van der Waals surface area contributed by atoms with Crippen LogP contribution in [0.5, 0.6) is 0 Å². The number of carboxylic acid groups (broad SMARTS) is 1. The topological polar surface area (TPSA) is 71.4 Å². The smallest absolute Gasteiger partial charge is 0.300 e. The largest absolute Gasteiger partial charge is 0.481 e. The fourth-order valence-corrected chi connectivity index (χ4v) is 0. The Bertz CT molecular complexity index is 155. The molecule has 4 nitrogen and oxygen atoms in total. The van der Waals surface area contributed by atoms with Crippen LogP contribution in [-0.4, -0.2) is 32.0 Å². The molecule has 0 fully saturated rings. The van der Waals surface area contributed by atoms with E-state index in [4.69, 9.17) is 9.90 Å².